The topological polar surface area (TPSA) is 78.4 Å². The SMILES string of the molecule is CCCNC(=O)CNC(=O)c1cc(C)ccc1C#CCO. The Labute approximate surface area is 124 Å². The van der Waals surface area contributed by atoms with Crippen molar-refractivity contribution in [1.82, 2.24) is 10.6 Å². The molecule has 0 aliphatic carbocycles. The molecule has 0 bridgehead atoms. The number of hydrogen-bond donors (Lipinski definition) is 3. The van der Waals surface area contributed by atoms with E-state index in [1.54, 1.807) is 12.1 Å². The van der Waals surface area contributed by atoms with E-state index in [9.17, 15) is 9.59 Å². The minimum absolute atomic E-state index is 0.0698. The van der Waals surface area contributed by atoms with E-state index in [4.69, 9.17) is 5.11 Å². The second kappa shape index (κ2) is 8.77. The van der Waals surface area contributed by atoms with Crippen LogP contribution in [0.1, 0.15) is 34.8 Å². The summed E-state index contributed by atoms with van der Waals surface area (Å²) >= 11 is 0. The number of aryl methyl sites for hydroxylation is 1. The summed E-state index contributed by atoms with van der Waals surface area (Å²) in [5.74, 6) is 4.67. The molecule has 0 radical (unpaired) electrons. The van der Waals surface area contributed by atoms with Crippen LogP contribution in [0.3, 0.4) is 0 Å². The molecule has 0 saturated carbocycles. The first-order chi connectivity index (χ1) is 10.1. The van der Waals surface area contributed by atoms with E-state index >= 15 is 0 Å². The predicted octanol–water partition coefficient (Wildman–Crippen LogP) is 0.595. The summed E-state index contributed by atoms with van der Waals surface area (Å²) < 4.78 is 0. The zero-order valence-electron chi connectivity index (χ0n) is 12.3. The van der Waals surface area contributed by atoms with Gasteiger partial charge in [-0.25, -0.2) is 0 Å². The molecule has 0 aliphatic heterocycles. The fraction of sp³-hybridized carbons (Fsp3) is 0.375. The van der Waals surface area contributed by atoms with Gasteiger partial charge in [0.1, 0.15) is 6.61 Å². The number of carbonyl (C=O) groups excluding carboxylic acids is 2. The van der Waals surface area contributed by atoms with Crippen LogP contribution >= 0.6 is 0 Å². The Morgan fingerprint density at radius 2 is 2.05 bits per heavy atom. The molecule has 1 aromatic rings. The third-order valence-corrected chi connectivity index (χ3v) is 2.70. The molecule has 0 unspecified atom stereocenters. The van der Waals surface area contributed by atoms with Crippen LogP contribution in [0.2, 0.25) is 0 Å². The van der Waals surface area contributed by atoms with Crippen molar-refractivity contribution in [2.45, 2.75) is 20.3 Å². The minimum atomic E-state index is -0.354. The van der Waals surface area contributed by atoms with Crippen molar-refractivity contribution in [3.8, 4) is 11.8 Å². The number of amides is 2. The highest BCUT2D eigenvalue weighted by Gasteiger charge is 2.11. The van der Waals surface area contributed by atoms with Gasteiger partial charge in [-0.2, -0.15) is 0 Å². The summed E-state index contributed by atoms with van der Waals surface area (Å²) in [5, 5.41) is 14.0. The van der Waals surface area contributed by atoms with Crippen LogP contribution in [-0.2, 0) is 4.79 Å². The van der Waals surface area contributed by atoms with Crippen LogP contribution in [-0.4, -0.2) is 36.6 Å². The van der Waals surface area contributed by atoms with Crippen molar-refractivity contribution in [3.63, 3.8) is 0 Å². The van der Waals surface area contributed by atoms with Gasteiger partial charge in [0.25, 0.3) is 5.91 Å². The van der Waals surface area contributed by atoms with Crippen molar-refractivity contribution in [2.75, 3.05) is 19.7 Å². The fourth-order valence-corrected chi connectivity index (χ4v) is 1.67. The van der Waals surface area contributed by atoms with E-state index in [0.29, 0.717) is 17.7 Å². The molecule has 0 fully saturated rings. The highest BCUT2D eigenvalue weighted by molar-refractivity contribution is 5.98. The first kappa shape index (κ1) is 16.7. The van der Waals surface area contributed by atoms with Crippen LogP contribution in [0, 0.1) is 18.8 Å². The van der Waals surface area contributed by atoms with Crippen LogP contribution < -0.4 is 10.6 Å². The molecule has 5 nitrogen and oxygen atoms in total. The molecular weight excluding hydrogens is 268 g/mol. The first-order valence-corrected chi connectivity index (χ1v) is 6.83. The Kier molecular flexibility index (Phi) is 6.99. The third kappa shape index (κ3) is 5.67. The number of aliphatic hydroxyl groups excluding tert-OH is 1. The molecular formula is C16H20N2O3. The number of hydrogen-bond acceptors (Lipinski definition) is 3. The lowest BCUT2D eigenvalue weighted by molar-refractivity contribution is -0.120. The average Bonchev–Trinajstić information content (AvgIpc) is 2.49. The summed E-state index contributed by atoms with van der Waals surface area (Å²) in [4.78, 5) is 23.6. The van der Waals surface area contributed by atoms with Gasteiger partial charge in [-0.15, -0.1) is 0 Å². The van der Waals surface area contributed by atoms with E-state index in [-0.39, 0.29) is 25.0 Å². The van der Waals surface area contributed by atoms with Gasteiger partial charge in [-0.1, -0.05) is 30.4 Å². The largest absolute Gasteiger partial charge is 0.384 e. The molecule has 2 amide bonds. The second-order valence-corrected chi connectivity index (χ2v) is 4.54. The van der Waals surface area contributed by atoms with Crippen LogP contribution in [0.15, 0.2) is 18.2 Å². The maximum Gasteiger partial charge on any atom is 0.252 e. The first-order valence-electron chi connectivity index (χ1n) is 6.83. The normalized spacial score (nSPS) is 9.48. The standard InChI is InChI=1S/C16H20N2O3/c1-3-8-17-15(20)11-18-16(21)14-10-12(2)6-7-13(14)5-4-9-19/h6-7,10,19H,3,8-9,11H2,1-2H3,(H,17,20)(H,18,21). The van der Waals surface area contributed by atoms with Gasteiger partial charge in [0.15, 0.2) is 0 Å². The minimum Gasteiger partial charge on any atom is -0.384 e. The Balaban J connectivity index is 2.77. The summed E-state index contributed by atoms with van der Waals surface area (Å²) in [6.45, 7) is 4.08. The van der Waals surface area contributed by atoms with E-state index in [0.717, 1.165) is 12.0 Å². The monoisotopic (exact) mass is 288 g/mol. The Hall–Kier alpha value is -2.32. The Morgan fingerprint density at radius 3 is 2.71 bits per heavy atom. The molecule has 1 rings (SSSR count). The summed E-state index contributed by atoms with van der Waals surface area (Å²) in [5.41, 5.74) is 1.85. The maximum atomic E-state index is 12.1. The lowest BCUT2D eigenvalue weighted by Crippen LogP contribution is -2.37. The highest BCUT2D eigenvalue weighted by Crippen LogP contribution is 2.10. The lowest BCUT2D eigenvalue weighted by atomic mass is 10.0. The van der Waals surface area contributed by atoms with E-state index in [1.807, 2.05) is 19.9 Å². The van der Waals surface area contributed by atoms with Crippen LogP contribution in [0.5, 0.6) is 0 Å². The number of nitrogens with one attached hydrogen (secondary N) is 2. The van der Waals surface area contributed by atoms with Crippen molar-refractivity contribution in [3.05, 3.63) is 34.9 Å². The second-order valence-electron chi connectivity index (χ2n) is 4.54. The zero-order valence-corrected chi connectivity index (χ0v) is 12.3. The molecule has 1 aromatic carbocycles. The van der Waals surface area contributed by atoms with Gasteiger partial charge in [0.2, 0.25) is 5.91 Å². The smallest absolute Gasteiger partial charge is 0.252 e. The van der Waals surface area contributed by atoms with Crippen molar-refractivity contribution in [1.29, 1.82) is 0 Å². The molecule has 0 aliphatic rings. The van der Waals surface area contributed by atoms with Gasteiger partial charge in [-0.05, 0) is 25.5 Å². The van der Waals surface area contributed by atoms with Gasteiger partial charge < -0.3 is 15.7 Å². The van der Waals surface area contributed by atoms with Crippen LogP contribution in [0.25, 0.3) is 0 Å². The Morgan fingerprint density at radius 1 is 1.29 bits per heavy atom. The molecule has 112 valence electrons. The predicted molar refractivity (Wildman–Crippen MR) is 80.8 cm³/mol. The maximum absolute atomic E-state index is 12.1. The molecule has 0 spiro atoms. The summed E-state index contributed by atoms with van der Waals surface area (Å²) in [6, 6.07) is 5.27. The molecule has 0 aromatic heterocycles. The Bertz CT molecular complexity index is 571. The molecule has 0 heterocycles. The van der Waals surface area contributed by atoms with Gasteiger partial charge in [-0.3, -0.25) is 9.59 Å². The molecule has 0 atom stereocenters. The van der Waals surface area contributed by atoms with Crippen LogP contribution in [0.4, 0.5) is 0 Å². The summed E-state index contributed by atoms with van der Waals surface area (Å²) in [6.07, 6.45) is 0.846. The number of rotatable bonds is 5. The third-order valence-electron chi connectivity index (χ3n) is 2.70. The van der Waals surface area contributed by atoms with Crippen molar-refractivity contribution >= 4 is 11.8 Å². The molecule has 5 heteroatoms. The zero-order chi connectivity index (χ0) is 15.7. The van der Waals surface area contributed by atoms with Gasteiger partial charge in [0.05, 0.1) is 12.1 Å². The highest BCUT2D eigenvalue weighted by atomic mass is 16.2. The molecule has 21 heavy (non-hydrogen) atoms. The molecule has 3 N–H and O–H groups in total. The number of aliphatic hydroxyl groups is 1. The van der Waals surface area contributed by atoms with Crippen molar-refractivity contribution < 1.29 is 14.7 Å². The number of benzene rings is 1. The number of carbonyl (C=O) groups is 2. The van der Waals surface area contributed by atoms with Gasteiger partial charge in [0, 0.05) is 12.1 Å². The summed E-state index contributed by atoms with van der Waals surface area (Å²) in [7, 11) is 0. The van der Waals surface area contributed by atoms with Crippen molar-refractivity contribution in [2.24, 2.45) is 0 Å². The van der Waals surface area contributed by atoms with E-state index in [2.05, 4.69) is 22.5 Å². The van der Waals surface area contributed by atoms with Gasteiger partial charge >= 0.3 is 0 Å². The lowest BCUT2D eigenvalue weighted by Gasteiger charge is -2.08. The van der Waals surface area contributed by atoms with E-state index in [1.165, 1.54) is 0 Å². The van der Waals surface area contributed by atoms with E-state index < -0.39 is 0 Å². The average molecular weight is 288 g/mol. The quantitative estimate of drug-likeness (QED) is 0.694. The fourth-order valence-electron chi connectivity index (χ4n) is 1.67. The molecule has 0 saturated heterocycles.